The van der Waals surface area contributed by atoms with Crippen LogP contribution < -0.4 is 16.6 Å². The molecule has 0 saturated heterocycles. The molecule has 1 amide bonds. The summed E-state index contributed by atoms with van der Waals surface area (Å²) in [6.07, 6.45) is 1.42. The summed E-state index contributed by atoms with van der Waals surface area (Å²) >= 11 is 3.10. The van der Waals surface area contributed by atoms with Crippen molar-refractivity contribution in [2.45, 2.75) is 13.5 Å². The number of nitrogen functional groups attached to an aromatic ring is 1. The van der Waals surface area contributed by atoms with Crippen LogP contribution in [0.15, 0.2) is 39.7 Å². The number of rotatable bonds is 3. The molecule has 0 atom stereocenters. The van der Waals surface area contributed by atoms with Crippen molar-refractivity contribution in [3.63, 3.8) is 0 Å². The van der Waals surface area contributed by atoms with Crippen LogP contribution in [0, 0.1) is 6.92 Å². The monoisotopic (exact) mass is 336 g/mol. The van der Waals surface area contributed by atoms with Crippen LogP contribution in [0.1, 0.15) is 5.82 Å². The Morgan fingerprint density at radius 3 is 2.95 bits per heavy atom. The Labute approximate surface area is 123 Å². The van der Waals surface area contributed by atoms with Gasteiger partial charge in [0.15, 0.2) is 0 Å². The summed E-state index contributed by atoms with van der Waals surface area (Å²) < 4.78 is 1.62. The van der Waals surface area contributed by atoms with E-state index in [-0.39, 0.29) is 18.0 Å². The second-order valence-electron chi connectivity index (χ2n) is 4.22. The highest BCUT2D eigenvalue weighted by molar-refractivity contribution is 9.10. The number of hydrogen-bond donors (Lipinski definition) is 2. The second kappa shape index (κ2) is 5.87. The quantitative estimate of drug-likeness (QED) is 0.832. The van der Waals surface area contributed by atoms with Gasteiger partial charge in [-0.25, -0.2) is 4.98 Å². The lowest BCUT2D eigenvalue weighted by atomic mass is 10.3. The number of nitrogens with two attached hydrogens (primary N) is 1. The van der Waals surface area contributed by atoms with Crippen LogP contribution in [0.2, 0.25) is 0 Å². The summed E-state index contributed by atoms with van der Waals surface area (Å²) in [7, 11) is 0. The Balaban J connectivity index is 2.17. The van der Waals surface area contributed by atoms with E-state index in [4.69, 9.17) is 5.73 Å². The molecule has 2 aromatic rings. The molecule has 0 spiro atoms. The van der Waals surface area contributed by atoms with Crippen molar-refractivity contribution in [1.82, 2.24) is 9.55 Å². The fourth-order valence-electron chi connectivity index (χ4n) is 1.70. The van der Waals surface area contributed by atoms with Gasteiger partial charge in [-0.1, -0.05) is 6.07 Å². The summed E-state index contributed by atoms with van der Waals surface area (Å²) in [6.45, 7) is 1.56. The molecule has 6 nitrogen and oxygen atoms in total. The molecule has 0 aliphatic heterocycles. The van der Waals surface area contributed by atoms with Gasteiger partial charge in [-0.15, -0.1) is 0 Å². The van der Waals surface area contributed by atoms with Crippen LogP contribution in [0.25, 0.3) is 0 Å². The third-order valence-corrected chi connectivity index (χ3v) is 3.22. The second-order valence-corrected chi connectivity index (χ2v) is 5.07. The zero-order valence-electron chi connectivity index (χ0n) is 10.8. The minimum atomic E-state index is -0.319. The number of benzene rings is 1. The molecule has 7 heteroatoms. The van der Waals surface area contributed by atoms with E-state index >= 15 is 0 Å². The molecule has 0 aliphatic rings. The minimum absolute atomic E-state index is 0.105. The maximum atomic E-state index is 12.0. The molecule has 0 bridgehead atoms. The van der Waals surface area contributed by atoms with Gasteiger partial charge in [0, 0.05) is 17.6 Å². The van der Waals surface area contributed by atoms with E-state index in [9.17, 15) is 9.59 Å². The third-order valence-electron chi connectivity index (χ3n) is 2.68. The molecule has 1 aromatic carbocycles. The van der Waals surface area contributed by atoms with Gasteiger partial charge in [-0.2, -0.15) is 0 Å². The van der Waals surface area contributed by atoms with Crippen molar-refractivity contribution < 1.29 is 4.79 Å². The number of nitrogens with zero attached hydrogens (tertiary/aromatic N) is 2. The molecule has 1 aromatic heterocycles. The van der Waals surface area contributed by atoms with Crippen molar-refractivity contribution in [3.05, 3.63) is 51.1 Å². The topological polar surface area (TPSA) is 90.0 Å². The van der Waals surface area contributed by atoms with Gasteiger partial charge in [-0.3, -0.25) is 14.2 Å². The van der Waals surface area contributed by atoms with Crippen LogP contribution >= 0.6 is 15.9 Å². The maximum Gasteiger partial charge on any atom is 0.268 e. The number of amides is 1. The smallest absolute Gasteiger partial charge is 0.268 e. The molecule has 104 valence electrons. The number of aryl methyl sites for hydroxylation is 1. The van der Waals surface area contributed by atoms with Crippen molar-refractivity contribution >= 4 is 33.2 Å². The summed E-state index contributed by atoms with van der Waals surface area (Å²) in [5.74, 6) is 0.154. The zero-order valence-corrected chi connectivity index (χ0v) is 12.3. The molecule has 0 fully saturated rings. The van der Waals surface area contributed by atoms with E-state index in [1.165, 1.54) is 10.8 Å². The highest BCUT2D eigenvalue weighted by Crippen LogP contribution is 2.11. The van der Waals surface area contributed by atoms with Crippen LogP contribution in [0.3, 0.4) is 0 Å². The van der Waals surface area contributed by atoms with Gasteiger partial charge in [0.1, 0.15) is 16.8 Å². The first-order valence-electron chi connectivity index (χ1n) is 5.84. The van der Waals surface area contributed by atoms with Gasteiger partial charge in [0.05, 0.1) is 0 Å². The van der Waals surface area contributed by atoms with Gasteiger partial charge in [-0.05, 0) is 41.1 Å². The average Bonchev–Trinajstić information content (AvgIpc) is 2.39. The highest BCUT2D eigenvalue weighted by Gasteiger charge is 2.10. The standard InChI is InChI=1S/C13H13BrN4O2/c1-8-16-6-11(14)13(20)18(8)7-12(19)17-10-4-2-3-9(15)5-10/h2-6H,7,15H2,1H3,(H,17,19). The Morgan fingerprint density at radius 1 is 1.50 bits per heavy atom. The van der Waals surface area contributed by atoms with E-state index in [0.717, 1.165) is 0 Å². The predicted octanol–water partition coefficient (Wildman–Crippen LogP) is 1.54. The third kappa shape index (κ3) is 3.24. The minimum Gasteiger partial charge on any atom is -0.399 e. The van der Waals surface area contributed by atoms with Crippen molar-refractivity contribution in [2.75, 3.05) is 11.1 Å². The Bertz CT molecular complexity index is 712. The number of hydrogen-bond acceptors (Lipinski definition) is 4. The summed E-state index contributed by atoms with van der Waals surface area (Å²) in [4.78, 5) is 27.9. The Morgan fingerprint density at radius 2 is 2.25 bits per heavy atom. The first kappa shape index (κ1) is 14.3. The molecule has 0 unspecified atom stereocenters. The van der Waals surface area contributed by atoms with Crippen LogP contribution in [-0.2, 0) is 11.3 Å². The van der Waals surface area contributed by atoms with Crippen molar-refractivity contribution in [1.29, 1.82) is 0 Å². The van der Waals surface area contributed by atoms with Crippen molar-refractivity contribution in [2.24, 2.45) is 0 Å². The normalized spacial score (nSPS) is 10.3. The maximum absolute atomic E-state index is 12.0. The molecular formula is C13H13BrN4O2. The van der Waals surface area contributed by atoms with E-state index in [0.29, 0.717) is 21.7 Å². The highest BCUT2D eigenvalue weighted by atomic mass is 79.9. The molecule has 0 aliphatic carbocycles. The fraction of sp³-hybridized carbons (Fsp3) is 0.154. The molecule has 3 N–H and O–H groups in total. The molecule has 0 radical (unpaired) electrons. The largest absolute Gasteiger partial charge is 0.399 e. The number of aromatic nitrogens is 2. The van der Waals surface area contributed by atoms with E-state index in [2.05, 4.69) is 26.2 Å². The lowest BCUT2D eigenvalue weighted by molar-refractivity contribution is -0.116. The van der Waals surface area contributed by atoms with Gasteiger partial charge >= 0.3 is 0 Å². The lowest BCUT2D eigenvalue weighted by Crippen LogP contribution is -2.30. The van der Waals surface area contributed by atoms with E-state index in [1.54, 1.807) is 31.2 Å². The summed E-state index contributed by atoms with van der Waals surface area (Å²) in [6, 6.07) is 6.83. The molecular weight excluding hydrogens is 324 g/mol. The average molecular weight is 337 g/mol. The molecule has 0 saturated carbocycles. The first-order valence-corrected chi connectivity index (χ1v) is 6.64. The van der Waals surface area contributed by atoms with E-state index < -0.39 is 0 Å². The molecule has 2 rings (SSSR count). The lowest BCUT2D eigenvalue weighted by Gasteiger charge is -2.10. The van der Waals surface area contributed by atoms with Gasteiger partial charge < -0.3 is 11.1 Å². The number of anilines is 2. The van der Waals surface area contributed by atoms with Crippen LogP contribution in [-0.4, -0.2) is 15.5 Å². The van der Waals surface area contributed by atoms with E-state index in [1.807, 2.05) is 0 Å². The predicted molar refractivity (Wildman–Crippen MR) is 80.4 cm³/mol. The van der Waals surface area contributed by atoms with Crippen molar-refractivity contribution in [3.8, 4) is 0 Å². The fourth-order valence-corrected chi connectivity index (χ4v) is 2.01. The number of nitrogens with one attached hydrogen (secondary N) is 1. The summed E-state index contributed by atoms with van der Waals surface area (Å²) in [5.41, 5.74) is 6.48. The number of halogens is 1. The molecule has 1 heterocycles. The first-order chi connectivity index (χ1) is 9.47. The molecule has 20 heavy (non-hydrogen) atoms. The zero-order chi connectivity index (χ0) is 14.7. The Kier molecular flexibility index (Phi) is 4.19. The number of carbonyl (C=O) groups is 1. The number of carbonyl (C=O) groups excluding carboxylic acids is 1. The SMILES string of the molecule is Cc1ncc(Br)c(=O)n1CC(=O)Nc1cccc(N)c1. The summed E-state index contributed by atoms with van der Waals surface area (Å²) in [5, 5.41) is 2.68. The van der Waals surface area contributed by atoms with Gasteiger partial charge in [0.2, 0.25) is 5.91 Å². The Hall–Kier alpha value is -2.15. The van der Waals surface area contributed by atoms with Crippen LogP contribution in [0.4, 0.5) is 11.4 Å². The van der Waals surface area contributed by atoms with Crippen LogP contribution in [0.5, 0.6) is 0 Å². The van der Waals surface area contributed by atoms with Gasteiger partial charge in [0.25, 0.3) is 5.56 Å².